The van der Waals surface area contributed by atoms with Gasteiger partial charge in [-0.15, -0.1) is 0 Å². The van der Waals surface area contributed by atoms with Crippen molar-refractivity contribution in [3.63, 3.8) is 0 Å². The molecular formula is C10H14ClN3OS. The summed E-state index contributed by atoms with van der Waals surface area (Å²) in [6.45, 7) is 5.20. The van der Waals surface area contributed by atoms with Gasteiger partial charge < -0.3 is 9.88 Å². The zero-order chi connectivity index (χ0) is 11.7. The fourth-order valence-electron chi connectivity index (χ4n) is 1.81. The van der Waals surface area contributed by atoms with Crippen LogP contribution >= 0.6 is 23.4 Å². The first kappa shape index (κ1) is 11.8. The molecule has 2 heterocycles. The van der Waals surface area contributed by atoms with Crippen molar-refractivity contribution in [1.29, 1.82) is 0 Å². The average molecular weight is 260 g/mol. The third-order valence-corrected chi connectivity index (χ3v) is 4.61. The molecule has 1 aliphatic rings. The average Bonchev–Trinajstić information content (AvgIpc) is 2.27. The first-order chi connectivity index (χ1) is 7.61. The highest BCUT2D eigenvalue weighted by atomic mass is 35.5. The number of H-pyrrole nitrogens is 1. The predicted octanol–water partition coefficient (Wildman–Crippen LogP) is 1.75. The molecule has 0 radical (unpaired) electrons. The molecule has 88 valence electrons. The van der Waals surface area contributed by atoms with E-state index in [2.05, 4.69) is 28.7 Å². The monoisotopic (exact) mass is 259 g/mol. The van der Waals surface area contributed by atoms with Gasteiger partial charge >= 0.3 is 0 Å². The summed E-state index contributed by atoms with van der Waals surface area (Å²) in [7, 11) is 0. The largest absolute Gasteiger partial charge is 0.351 e. The van der Waals surface area contributed by atoms with Gasteiger partial charge in [-0.1, -0.05) is 18.5 Å². The van der Waals surface area contributed by atoms with Crippen LogP contribution in [0, 0.1) is 0 Å². The van der Waals surface area contributed by atoms with Crippen LogP contribution in [-0.2, 0) is 0 Å². The first-order valence-corrected chi connectivity index (χ1v) is 6.65. The Labute approximate surface area is 103 Å². The fourth-order valence-corrected chi connectivity index (χ4v) is 3.12. The Kier molecular flexibility index (Phi) is 3.44. The van der Waals surface area contributed by atoms with Crippen molar-refractivity contribution in [3.8, 4) is 0 Å². The minimum absolute atomic E-state index is 0.188. The number of nitrogens with one attached hydrogen (secondary N) is 1. The number of aromatic amines is 1. The van der Waals surface area contributed by atoms with Gasteiger partial charge in [-0.2, -0.15) is 11.8 Å². The van der Waals surface area contributed by atoms with Crippen LogP contribution in [0.2, 0.25) is 5.02 Å². The van der Waals surface area contributed by atoms with E-state index in [1.54, 1.807) is 0 Å². The van der Waals surface area contributed by atoms with Crippen LogP contribution in [0.3, 0.4) is 0 Å². The maximum atomic E-state index is 11.4. The van der Waals surface area contributed by atoms with E-state index in [-0.39, 0.29) is 10.6 Å². The molecule has 0 bridgehead atoms. The van der Waals surface area contributed by atoms with E-state index in [0.29, 0.717) is 17.1 Å². The van der Waals surface area contributed by atoms with Crippen molar-refractivity contribution in [2.45, 2.75) is 25.1 Å². The molecule has 1 fully saturated rings. The van der Waals surface area contributed by atoms with Gasteiger partial charge in [0.05, 0.1) is 6.33 Å². The highest BCUT2D eigenvalue weighted by molar-refractivity contribution is 8.00. The summed E-state index contributed by atoms with van der Waals surface area (Å²) in [6.07, 6.45) is 1.41. The molecular weight excluding hydrogens is 246 g/mol. The Morgan fingerprint density at radius 1 is 1.62 bits per heavy atom. The van der Waals surface area contributed by atoms with Crippen molar-refractivity contribution >= 4 is 29.2 Å². The van der Waals surface area contributed by atoms with Crippen LogP contribution < -0.4 is 10.5 Å². The molecule has 1 saturated heterocycles. The Balaban J connectivity index is 2.36. The van der Waals surface area contributed by atoms with Crippen LogP contribution in [0.1, 0.15) is 13.8 Å². The lowest BCUT2D eigenvalue weighted by molar-refractivity contribution is 0.619. The summed E-state index contributed by atoms with van der Waals surface area (Å²) >= 11 is 7.92. The molecule has 1 aromatic heterocycles. The highest BCUT2D eigenvalue weighted by Crippen LogP contribution is 2.29. The zero-order valence-electron chi connectivity index (χ0n) is 9.24. The van der Waals surface area contributed by atoms with E-state index in [1.807, 2.05) is 11.8 Å². The molecule has 0 amide bonds. The summed E-state index contributed by atoms with van der Waals surface area (Å²) in [6, 6.07) is 0.338. The second-order valence-electron chi connectivity index (χ2n) is 3.88. The Hall–Kier alpha value is -0.680. The minimum atomic E-state index is -0.273. The van der Waals surface area contributed by atoms with Crippen LogP contribution in [0.15, 0.2) is 11.1 Å². The normalized spacial score (nSPS) is 25.8. The summed E-state index contributed by atoms with van der Waals surface area (Å²) in [4.78, 5) is 20.2. The minimum Gasteiger partial charge on any atom is -0.351 e. The summed E-state index contributed by atoms with van der Waals surface area (Å²) < 4.78 is 0. The first-order valence-electron chi connectivity index (χ1n) is 5.22. The molecule has 1 N–H and O–H groups in total. The van der Waals surface area contributed by atoms with E-state index in [1.165, 1.54) is 6.33 Å². The molecule has 6 heteroatoms. The quantitative estimate of drug-likeness (QED) is 0.835. The number of nitrogens with zero attached hydrogens (tertiary/aromatic N) is 2. The summed E-state index contributed by atoms with van der Waals surface area (Å²) in [5.41, 5.74) is -0.273. The SMILES string of the molecule is CC1SCCN(c2nc[nH]c(=O)c2Cl)C1C. The molecule has 0 saturated carbocycles. The molecule has 0 aromatic carbocycles. The lowest BCUT2D eigenvalue weighted by Gasteiger charge is -2.38. The molecule has 2 unspecified atom stereocenters. The van der Waals surface area contributed by atoms with Gasteiger partial charge in [-0.05, 0) is 6.92 Å². The number of aromatic nitrogens is 2. The van der Waals surface area contributed by atoms with Crippen LogP contribution in [0.25, 0.3) is 0 Å². The van der Waals surface area contributed by atoms with Gasteiger partial charge in [0.25, 0.3) is 5.56 Å². The van der Waals surface area contributed by atoms with Gasteiger partial charge in [0, 0.05) is 23.6 Å². The second kappa shape index (κ2) is 4.67. The predicted molar refractivity (Wildman–Crippen MR) is 68.6 cm³/mol. The Bertz CT molecular complexity index is 436. The topological polar surface area (TPSA) is 49.0 Å². The number of rotatable bonds is 1. The number of hydrogen-bond donors (Lipinski definition) is 1. The maximum Gasteiger partial charge on any atom is 0.271 e. The Morgan fingerprint density at radius 2 is 2.38 bits per heavy atom. The third kappa shape index (κ3) is 2.06. The molecule has 0 spiro atoms. The van der Waals surface area contributed by atoms with Crippen LogP contribution in [0.5, 0.6) is 0 Å². The highest BCUT2D eigenvalue weighted by Gasteiger charge is 2.28. The van der Waals surface area contributed by atoms with Gasteiger partial charge in [0.2, 0.25) is 0 Å². The lowest BCUT2D eigenvalue weighted by Crippen LogP contribution is -2.45. The number of halogens is 1. The molecule has 1 aliphatic heterocycles. The molecule has 0 aliphatic carbocycles. The lowest BCUT2D eigenvalue weighted by atomic mass is 10.2. The van der Waals surface area contributed by atoms with Gasteiger partial charge in [0.1, 0.15) is 5.02 Å². The zero-order valence-corrected chi connectivity index (χ0v) is 10.8. The smallest absolute Gasteiger partial charge is 0.271 e. The Morgan fingerprint density at radius 3 is 3.12 bits per heavy atom. The van der Waals surface area contributed by atoms with Crippen molar-refractivity contribution in [2.75, 3.05) is 17.2 Å². The van der Waals surface area contributed by atoms with Crippen LogP contribution in [-0.4, -0.2) is 33.6 Å². The molecule has 2 rings (SSSR count). The number of anilines is 1. The number of thioether (sulfide) groups is 1. The van der Waals surface area contributed by atoms with E-state index < -0.39 is 0 Å². The van der Waals surface area contributed by atoms with Crippen molar-refractivity contribution in [1.82, 2.24) is 9.97 Å². The van der Waals surface area contributed by atoms with Crippen LogP contribution in [0.4, 0.5) is 5.82 Å². The molecule has 4 nitrogen and oxygen atoms in total. The van der Waals surface area contributed by atoms with Crippen molar-refractivity contribution in [3.05, 3.63) is 21.7 Å². The third-order valence-electron chi connectivity index (χ3n) is 2.93. The van der Waals surface area contributed by atoms with Crippen molar-refractivity contribution < 1.29 is 0 Å². The van der Waals surface area contributed by atoms with Crippen molar-refractivity contribution in [2.24, 2.45) is 0 Å². The second-order valence-corrected chi connectivity index (χ2v) is 5.74. The fraction of sp³-hybridized carbons (Fsp3) is 0.600. The van der Waals surface area contributed by atoms with E-state index in [4.69, 9.17) is 11.6 Å². The van der Waals surface area contributed by atoms with E-state index in [0.717, 1.165) is 12.3 Å². The summed E-state index contributed by atoms with van der Waals surface area (Å²) in [5, 5.41) is 0.708. The molecule has 1 aromatic rings. The molecule has 16 heavy (non-hydrogen) atoms. The maximum absolute atomic E-state index is 11.4. The van der Waals surface area contributed by atoms with Gasteiger partial charge in [0.15, 0.2) is 5.82 Å². The van der Waals surface area contributed by atoms with Gasteiger partial charge in [-0.3, -0.25) is 4.79 Å². The molecule has 2 atom stereocenters. The number of hydrogen-bond acceptors (Lipinski definition) is 4. The van der Waals surface area contributed by atoms with E-state index in [9.17, 15) is 4.79 Å². The van der Waals surface area contributed by atoms with E-state index >= 15 is 0 Å². The standard InChI is InChI=1S/C10H14ClN3OS/c1-6-7(2)16-4-3-14(6)9-8(11)10(15)13-5-12-9/h5-7H,3-4H2,1-2H3,(H,12,13,15). The summed E-state index contributed by atoms with van der Waals surface area (Å²) in [5.74, 6) is 1.64. The van der Waals surface area contributed by atoms with Gasteiger partial charge in [-0.25, -0.2) is 4.98 Å².